The van der Waals surface area contributed by atoms with Crippen LogP contribution in [0.3, 0.4) is 0 Å². The van der Waals surface area contributed by atoms with Crippen LogP contribution in [0.1, 0.15) is 10.4 Å². The van der Waals surface area contributed by atoms with Crippen molar-refractivity contribution in [2.24, 2.45) is 0 Å². The first-order valence-corrected chi connectivity index (χ1v) is 9.14. The van der Waals surface area contributed by atoms with Crippen molar-refractivity contribution in [3.05, 3.63) is 65.5 Å². The average molecular weight is 380 g/mol. The van der Waals surface area contributed by atoms with Gasteiger partial charge in [-0.3, -0.25) is 0 Å². The zero-order valence-electron chi connectivity index (χ0n) is 13.3. The normalized spacial score (nSPS) is 11.7. The summed E-state index contributed by atoms with van der Waals surface area (Å²) < 4.78 is 66.3. The molecule has 0 aliphatic carbocycles. The summed E-state index contributed by atoms with van der Waals surface area (Å²) in [5, 5.41) is 9.57. The molecule has 1 N–H and O–H groups in total. The lowest BCUT2D eigenvalue weighted by Crippen LogP contribution is -2.04. The number of rotatable bonds is 3. The molecule has 0 saturated carbocycles. The summed E-state index contributed by atoms with van der Waals surface area (Å²) in [6, 6.07) is 7.26. The Kier molecular flexibility index (Phi) is 4.23. The standard InChI is InChI=1S/C18H11F3O4S/c1-26(24,25)15-5-4-9-2-3-10(18(22)23)6-12(9)16(15)17-13(20)7-11(19)8-14(17)21/h2-8H,1H3,(H,22,23). The van der Waals surface area contributed by atoms with Crippen molar-refractivity contribution in [3.8, 4) is 11.1 Å². The molecule has 8 heteroatoms. The Hall–Kier alpha value is -2.87. The van der Waals surface area contributed by atoms with Crippen LogP contribution in [0.25, 0.3) is 21.9 Å². The highest BCUT2D eigenvalue weighted by atomic mass is 32.2. The first-order chi connectivity index (χ1) is 12.1. The molecule has 0 radical (unpaired) electrons. The summed E-state index contributed by atoms with van der Waals surface area (Å²) in [4.78, 5) is 10.8. The van der Waals surface area contributed by atoms with E-state index in [9.17, 15) is 26.4 Å². The zero-order valence-corrected chi connectivity index (χ0v) is 14.1. The van der Waals surface area contributed by atoms with Gasteiger partial charge in [0.15, 0.2) is 9.84 Å². The van der Waals surface area contributed by atoms with Crippen LogP contribution in [0, 0.1) is 17.5 Å². The number of sulfone groups is 1. The van der Waals surface area contributed by atoms with Crippen molar-refractivity contribution >= 4 is 26.6 Å². The first kappa shape index (κ1) is 17.9. The van der Waals surface area contributed by atoms with E-state index in [-0.39, 0.29) is 16.5 Å². The molecular weight excluding hydrogens is 369 g/mol. The SMILES string of the molecule is CS(=O)(=O)c1ccc2ccc(C(=O)O)cc2c1-c1c(F)cc(F)cc1F. The maximum absolute atomic E-state index is 14.4. The van der Waals surface area contributed by atoms with Crippen LogP contribution < -0.4 is 0 Å². The number of hydrogen-bond acceptors (Lipinski definition) is 3. The van der Waals surface area contributed by atoms with E-state index < -0.39 is 43.7 Å². The summed E-state index contributed by atoms with van der Waals surface area (Å²) in [7, 11) is -3.92. The Morgan fingerprint density at radius 3 is 2.04 bits per heavy atom. The number of carboxylic acid groups (broad SMARTS) is 1. The van der Waals surface area contributed by atoms with Crippen LogP contribution in [0.2, 0.25) is 0 Å². The number of carbonyl (C=O) groups is 1. The number of fused-ring (bicyclic) bond motifs is 1. The minimum atomic E-state index is -3.92. The number of benzene rings is 3. The molecule has 0 aliphatic heterocycles. The number of aromatic carboxylic acids is 1. The highest BCUT2D eigenvalue weighted by Crippen LogP contribution is 2.38. The number of hydrogen-bond donors (Lipinski definition) is 1. The van der Waals surface area contributed by atoms with Crippen LogP contribution >= 0.6 is 0 Å². The Morgan fingerprint density at radius 2 is 1.50 bits per heavy atom. The van der Waals surface area contributed by atoms with Crippen molar-refractivity contribution in [1.29, 1.82) is 0 Å². The number of halogens is 3. The molecule has 0 atom stereocenters. The van der Waals surface area contributed by atoms with Crippen molar-refractivity contribution in [3.63, 3.8) is 0 Å². The molecule has 0 saturated heterocycles. The molecule has 0 aromatic heterocycles. The van der Waals surface area contributed by atoms with Gasteiger partial charge in [-0.2, -0.15) is 0 Å². The van der Waals surface area contributed by atoms with E-state index in [1.54, 1.807) is 0 Å². The fourth-order valence-corrected chi connectivity index (χ4v) is 3.68. The third kappa shape index (κ3) is 3.03. The second-order valence-electron chi connectivity index (χ2n) is 5.70. The van der Waals surface area contributed by atoms with Gasteiger partial charge in [-0.15, -0.1) is 0 Å². The average Bonchev–Trinajstić information content (AvgIpc) is 2.52. The van der Waals surface area contributed by atoms with E-state index >= 15 is 0 Å². The zero-order chi connectivity index (χ0) is 19.2. The fraction of sp³-hybridized carbons (Fsp3) is 0.0556. The maximum atomic E-state index is 14.4. The molecule has 0 spiro atoms. The Bertz CT molecular complexity index is 1150. The highest BCUT2D eigenvalue weighted by molar-refractivity contribution is 7.90. The second-order valence-corrected chi connectivity index (χ2v) is 7.68. The Balaban J connectivity index is 2.56. The molecular formula is C18H11F3O4S. The predicted molar refractivity (Wildman–Crippen MR) is 89.3 cm³/mol. The third-order valence-electron chi connectivity index (χ3n) is 3.89. The molecule has 4 nitrogen and oxygen atoms in total. The minimum Gasteiger partial charge on any atom is -0.478 e. The Labute approximate surface area is 146 Å². The molecule has 0 amide bonds. The summed E-state index contributed by atoms with van der Waals surface area (Å²) >= 11 is 0. The van der Waals surface area contributed by atoms with Crippen LogP contribution in [0.5, 0.6) is 0 Å². The van der Waals surface area contributed by atoms with E-state index in [0.717, 1.165) is 12.3 Å². The van der Waals surface area contributed by atoms with Gasteiger partial charge in [0.1, 0.15) is 17.5 Å². The van der Waals surface area contributed by atoms with Crippen LogP contribution in [-0.2, 0) is 9.84 Å². The van der Waals surface area contributed by atoms with Crippen molar-refractivity contribution in [2.45, 2.75) is 4.90 Å². The lowest BCUT2D eigenvalue weighted by atomic mass is 9.95. The van der Waals surface area contributed by atoms with Gasteiger partial charge in [0.05, 0.1) is 16.0 Å². The molecule has 0 bridgehead atoms. The van der Waals surface area contributed by atoms with Crippen molar-refractivity contribution in [1.82, 2.24) is 0 Å². The third-order valence-corrected chi connectivity index (χ3v) is 5.03. The molecule has 0 aliphatic rings. The molecule has 3 rings (SSSR count). The molecule has 0 heterocycles. The molecule has 134 valence electrons. The van der Waals surface area contributed by atoms with Gasteiger partial charge in [-0.25, -0.2) is 26.4 Å². The molecule has 3 aromatic carbocycles. The van der Waals surface area contributed by atoms with E-state index in [1.165, 1.54) is 24.3 Å². The highest BCUT2D eigenvalue weighted by Gasteiger charge is 2.24. The van der Waals surface area contributed by atoms with Gasteiger partial charge in [0.2, 0.25) is 0 Å². The van der Waals surface area contributed by atoms with E-state index in [0.29, 0.717) is 17.5 Å². The van der Waals surface area contributed by atoms with Crippen molar-refractivity contribution in [2.75, 3.05) is 6.26 Å². The lowest BCUT2D eigenvalue weighted by molar-refractivity contribution is 0.0697. The summed E-state index contributed by atoms with van der Waals surface area (Å²) in [6.45, 7) is 0. The molecule has 3 aromatic rings. The van der Waals surface area contributed by atoms with Gasteiger partial charge in [0, 0.05) is 24.0 Å². The van der Waals surface area contributed by atoms with Gasteiger partial charge >= 0.3 is 5.97 Å². The topological polar surface area (TPSA) is 71.4 Å². The quantitative estimate of drug-likeness (QED) is 0.745. The van der Waals surface area contributed by atoms with Gasteiger partial charge in [-0.05, 0) is 29.0 Å². The first-order valence-electron chi connectivity index (χ1n) is 7.24. The van der Waals surface area contributed by atoms with E-state index in [4.69, 9.17) is 5.11 Å². The molecule has 0 unspecified atom stereocenters. The monoisotopic (exact) mass is 380 g/mol. The van der Waals surface area contributed by atoms with Crippen LogP contribution in [0.4, 0.5) is 13.2 Å². The van der Waals surface area contributed by atoms with Crippen LogP contribution in [0.15, 0.2) is 47.4 Å². The second kappa shape index (κ2) is 6.14. The minimum absolute atomic E-state index is 0.0252. The lowest BCUT2D eigenvalue weighted by Gasteiger charge is -2.14. The molecule has 0 fully saturated rings. The van der Waals surface area contributed by atoms with E-state index in [2.05, 4.69) is 0 Å². The summed E-state index contributed by atoms with van der Waals surface area (Å²) in [5.74, 6) is -5.03. The van der Waals surface area contributed by atoms with Gasteiger partial charge in [-0.1, -0.05) is 12.1 Å². The largest absolute Gasteiger partial charge is 0.478 e. The van der Waals surface area contributed by atoms with Gasteiger partial charge < -0.3 is 5.11 Å². The number of carboxylic acids is 1. The van der Waals surface area contributed by atoms with E-state index in [1.807, 2.05) is 0 Å². The summed E-state index contributed by atoms with van der Waals surface area (Å²) in [6.07, 6.45) is 0.859. The summed E-state index contributed by atoms with van der Waals surface area (Å²) in [5.41, 5.74) is -1.27. The smallest absolute Gasteiger partial charge is 0.335 e. The Morgan fingerprint density at radius 1 is 0.923 bits per heavy atom. The predicted octanol–water partition coefficient (Wildman–Crippen LogP) is 4.03. The van der Waals surface area contributed by atoms with Crippen LogP contribution in [-0.4, -0.2) is 25.7 Å². The molecule has 26 heavy (non-hydrogen) atoms. The van der Waals surface area contributed by atoms with Crippen molar-refractivity contribution < 1.29 is 31.5 Å². The maximum Gasteiger partial charge on any atom is 0.335 e. The van der Waals surface area contributed by atoms with Gasteiger partial charge in [0.25, 0.3) is 0 Å². The fourth-order valence-electron chi connectivity index (χ4n) is 2.78.